The predicted octanol–water partition coefficient (Wildman–Crippen LogP) is 1.53. The van der Waals surface area contributed by atoms with Gasteiger partial charge in [0.2, 0.25) is 0 Å². The minimum Gasteiger partial charge on any atom is -0.450 e. The molecule has 3 amide bonds. The molecule has 2 rings (SSSR count). The number of aromatic nitrogens is 1. The number of unbranched alkanes of at least 4 members (excludes halogenated alkanes) is 1. The summed E-state index contributed by atoms with van der Waals surface area (Å²) in [5.41, 5.74) is 0.655. The van der Waals surface area contributed by atoms with Gasteiger partial charge < -0.3 is 19.9 Å². The summed E-state index contributed by atoms with van der Waals surface area (Å²) < 4.78 is 4.97. The number of pyridine rings is 1. The number of ether oxygens (including phenoxy) is 1. The first-order chi connectivity index (χ1) is 12.6. The zero-order valence-corrected chi connectivity index (χ0v) is 15.4. The topological polar surface area (TPSA) is 91.8 Å². The fourth-order valence-corrected chi connectivity index (χ4v) is 2.65. The number of nitrogens with zero attached hydrogens (tertiary/aromatic N) is 3. The molecule has 1 saturated heterocycles. The molecule has 0 spiro atoms. The largest absolute Gasteiger partial charge is 0.450 e. The van der Waals surface area contributed by atoms with Crippen LogP contribution in [-0.4, -0.2) is 72.0 Å². The van der Waals surface area contributed by atoms with Crippen molar-refractivity contribution >= 4 is 17.9 Å². The standard InChI is InChI=1S/C18H26N4O4/c1-3-5-7-20-16(23)15-13-14(6-8-19-15)17(24)21-9-11-22(12-10-21)18(25)26-4-2/h6,8,13H,3-5,7,9-12H2,1-2H3,(H,20,23). The van der Waals surface area contributed by atoms with E-state index in [4.69, 9.17) is 4.74 Å². The van der Waals surface area contributed by atoms with Gasteiger partial charge in [-0.25, -0.2) is 4.79 Å². The van der Waals surface area contributed by atoms with E-state index in [-0.39, 0.29) is 23.6 Å². The second-order valence-corrected chi connectivity index (χ2v) is 6.02. The second kappa shape index (κ2) is 9.74. The average Bonchev–Trinajstić information content (AvgIpc) is 2.68. The Morgan fingerprint density at radius 2 is 1.85 bits per heavy atom. The molecule has 2 heterocycles. The number of hydrogen-bond donors (Lipinski definition) is 1. The third kappa shape index (κ3) is 5.18. The Hall–Kier alpha value is -2.64. The highest BCUT2D eigenvalue weighted by molar-refractivity contribution is 5.98. The zero-order valence-electron chi connectivity index (χ0n) is 15.4. The number of carbonyl (C=O) groups excluding carboxylic acids is 3. The normalized spacial score (nSPS) is 14.1. The molecule has 0 saturated carbocycles. The number of carbonyl (C=O) groups is 3. The highest BCUT2D eigenvalue weighted by atomic mass is 16.6. The van der Waals surface area contributed by atoms with Crippen molar-refractivity contribution in [3.63, 3.8) is 0 Å². The van der Waals surface area contributed by atoms with Crippen LogP contribution >= 0.6 is 0 Å². The molecule has 8 heteroatoms. The molecule has 0 aromatic carbocycles. The number of amides is 3. The van der Waals surface area contributed by atoms with Crippen molar-refractivity contribution in [3.05, 3.63) is 29.6 Å². The molecule has 1 fully saturated rings. The van der Waals surface area contributed by atoms with Gasteiger partial charge in [0.25, 0.3) is 11.8 Å². The maximum Gasteiger partial charge on any atom is 0.409 e. The number of piperazine rings is 1. The molecular weight excluding hydrogens is 336 g/mol. The lowest BCUT2D eigenvalue weighted by Gasteiger charge is -2.34. The Bertz CT molecular complexity index is 642. The number of rotatable bonds is 6. The van der Waals surface area contributed by atoms with Crippen molar-refractivity contribution in [2.75, 3.05) is 39.3 Å². The smallest absolute Gasteiger partial charge is 0.409 e. The molecule has 1 aliphatic heterocycles. The van der Waals surface area contributed by atoms with Crippen molar-refractivity contribution in [1.82, 2.24) is 20.1 Å². The van der Waals surface area contributed by atoms with Crippen LogP contribution in [0.4, 0.5) is 4.79 Å². The Kier molecular flexibility index (Phi) is 7.37. The summed E-state index contributed by atoms with van der Waals surface area (Å²) in [6.45, 7) is 6.45. The van der Waals surface area contributed by atoms with Crippen LogP contribution in [0.5, 0.6) is 0 Å². The Labute approximate surface area is 153 Å². The lowest BCUT2D eigenvalue weighted by Crippen LogP contribution is -2.50. The predicted molar refractivity (Wildman–Crippen MR) is 96.0 cm³/mol. The molecule has 0 aliphatic carbocycles. The van der Waals surface area contributed by atoms with E-state index in [1.807, 2.05) is 6.92 Å². The summed E-state index contributed by atoms with van der Waals surface area (Å²) in [5, 5.41) is 2.79. The first-order valence-corrected chi connectivity index (χ1v) is 9.02. The third-order valence-corrected chi connectivity index (χ3v) is 4.15. The molecule has 1 aromatic rings. The zero-order chi connectivity index (χ0) is 18.9. The van der Waals surface area contributed by atoms with Crippen LogP contribution < -0.4 is 5.32 Å². The van der Waals surface area contributed by atoms with Gasteiger partial charge in [0, 0.05) is 44.5 Å². The maximum absolute atomic E-state index is 12.7. The van der Waals surface area contributed by atoms with Crippen molar-refractivity contribution in [3.8, 4) is 0 Å². The van der Waals surface area contributed by atoms with Gasteiger partial charge in [0.05, 0.1) is 6.61 Å². The van der Waals surface area contributed by atoms with Crippen LogP contribution in [0.25, 0.3) is 0 Å². The van der Waals surface area contributed by atoms with Gasteiger partial charge in [-0.15, -0.1) is 0 Å². The van der Waals surface area contributed by atoms with Crippen molar-refractivity contribution in [2.24, 2.45) is 0 Å². The molecule has 26 heavy (non-hydrogen) atoms. The summed E-state index contributed by atoms with van der Waals surface area (Å²) in [6.07, 6.45) is 3.00. The molecule has 0 atom stereocenters. The molecule has 8 nitrogen and oxygen atoms in total. The fraction of sp³-hybridized carbons (Fsp3) is 0.556. The maximum atomic E-state index is 12.7. The van der Waals surface area contributed by atoms with Crippen molar-refractivity contribution in [1.29, 1.82) is 0 Å². The van der Waals surface area contributed by atoms with Crippen LogP contribution in [0.15, 0.2) is 18.3 Å². The molecule has 1 aliphatic rings. The van der Waals surface area contributed by atoms with Crippen LogP contribution in [0.2, 0.25) is 0 Å². The van der Waals surface area contributed by atoms with Crippen molar-refractivity contribution in [2.45, 2.75) is 26.7 Å². The van der Waals surface area contributed by atoms with Gasteiger partial charge in [0.15, 0.2) is 0 Å². The highest BCUT2D eigenvalue weighted by Gasteiger charge is 2.26. The minimum atomic E-state index is -0.352. The van der Waals surface area contributed by atoms with Gasteiger partial charge in [-0.2, -0.15) is 0 Å². The quantitative estimate of drug-likeness (QED) is 0.775. The summed E-state index contributed by atoms with van der Waals surface area (Å²) >= 11 is 0. The van der Waals surface area contributed by atoms with E-state index >= 15 is 0 Å². The fourth-order valence-electron chi connectivity index (χ4n) is 2.65. The van der Waals surface area contributed by atoms with Gasteiger partial charge in [-0.05, 0) is 25.5 Å². The number of hydrogen-bond acceptors (Lipinski definition) is 5. The van der Waals surface area contributed by atoms with Gasteiger partial charge >= 0.3 is 6.09 Å². The van der Waals surface area contributed by atoms with Crippen LogP contribution in [0.3, 0.4) is 0 Å². The van der Waals surface area contributed by atoms with E-state index in [0.29, 0.717) is 44.9 Å². The molecule has 142 valence electrons. The molecular formula is C18H26N4O4. The van der Waals surface area contributed by atoms with E-state index in [1.165, 1.54) is 12.3 Å². The number of nitrogens with one attached hydrogen (secondary N) is 1. The summed E-state index contributed by atoms with van der Waals surface area (Å²) in [5.74, 6) is -0.446. The SMILES string of the molecule is CCCCNC(=O)c1cc(C(=O)N2CCN(C(=O)OCC)CC2)ccn1. The highest BCUT2D eigenvalue weighted by Crippen LogP contribution is 2.11. The Morgan fingerprint density at radius 1 is 1.15 bits per heavy atom. The first kappa shape index (κ1) is 19.7. The van der Waals surface area contributed by atoms with Crippen molar-refractivity contribution < 1.29 is 19.1 Å². The lowest BCUT2D eigenvalue weighted by molar-refractivity contribution is 0.0570. The van der Waals surface area contributed by atoms with E-state index in [9.17, 15) is 14.4 Å². The van der Waals surface area contributed by atoms with E-state index in [1.54, 1.807) is 22.8 Å². The van der Waals surface area contributed by atoms with E-state index in [2.05, 4.69) is 10.3 Å². The monoisotopic (exact) mass is 362 g/mol. The summed E-state index contributed by atoms with van der Waals surface area (Å²) in [6, 6.07) is 3.12. The lowest BCUT2D eigenvalue weighted by atomic mass is 10.1. The molecule has 0 radical (unpaired) electrons. The van der Waals surface area contributed by atoms with Gasteiger partial charge in [-0.1, -0.05) is 13.3 Å². The Morgan fingerprint density at radius 3 is 2.50 bits per heavy atom. The van der Waals surface area contributed by atoms with Crippen LogP contribution in [0, 0.1) is 0 Å². The average molecular weight is 362 g/mol. The first-order valence-electron chi connectivity index (χ1n) is 9.02. The van der Waals surface area contributed by atoms with Gasteiger partial charge in [-0.3, -0.25) is 14.6 Å². The van der Waals surface area contributed by atoms with E-state index < -0.39 is 0 Å². The molecule has 0 bridgehead atoms. The van der Waals surface area contributed by atoms with Crippen LogP contribution in [0.1, 0.15) is 47.5 Å². The minimum absolute atomic E-state index is 0.168. The molecule has 0 unspecified atom stereocenters. The molecule has 1 aromatic heterocycles. The summed E-state index contributed by atoms with van der Waals surface area (Å²) in [7, 11) is 0. The second-order valence-electron chi connectivity index (χ2n) is 6.02. The van der Waals surface area contributed by atoms with Gasteiger partial charge in [0.1, 0.15) is 5.69 Å². The van der Waals surface area contributed by atoms with E-state index in [0.717, 1.165) is 12.8 Å². The van der Waals surface area contributed by atoms with Crippen LogP contribution in [-0.2, 0) is 4.74 Å². The summed E-state index contributed by atoms with van der Waals surface area (Å²) in [4.78, 5) is 43.8. The molecule has 1 N–H and O–H groups in total. The third-order valence-electron chi connectivity index (χ3n) is 4.15. The Balaban J connectivity index is 1.95.